The summed E-state index contributed by atoms with van der Waals surface area (Å²) in [6, 6.07) is 10.8. The molecule has 0 saturated heterocycles. The SMILES string of the molecule is COC(=O)c1cc(Oc2ccccc2)c2[nH]c3c(c2c1C(=O)OC)CC(OC)CC3. The van der Waals surface area contributed by atoms with Crippen molar-refractivity contribution in [2.45, 2.75) is 25.4 Å². The number of carbonyl (C=O) groups is 2. The van der Waals surface area contributed by atoms with Crippen molar-refractivity contribution in [1.29, 1.82) is 0 Å². The fourth-order valence-electron chi connectivity index (χ4n) is 4.02. The van der Waals surface area contributed by atoms with Gasteiger partial charge in [-0.3, -0.25) is 0 Å². The number of aryl methyl sites for hydroxylation is 1. The summed E-state index contributed by atoms with van der Waals surface area (Å²) in [7, 11) is 4.25. The zero-order valence-corrected chi connectivity index (χ0v) is 17.1. The molecule has 3 aromatic rings. The van der Waals surface area contributed by atoms with E-state index in [-0.39, 0.29) is 17.2 Å². The van der Waals surface area contributed by atoms with Crippen molar-refractivity contribution in [2.75, 3.05) is 21.3 Å². The molecule has 0 saturated carbocycles. The predicted molar refractivity (Wildman–Crippen MR) is 110 cm³/mol. The van der Waals surface area contributed by atoms with Crippen LogP contribution in [0, 0.1) is 0 Å². The summed E-state index contributed by atoms with van der Waals surface area (Å²) in [6.07, 6.45) is 2.28. The number of aromatic nitrogens is 1. The third-order valence-electron chi connectivity index (χ3n) is 5.48. The molecule has 1 aliphatic carbocycles. The Morgan fingerprint density at radius 2 is 1.77 bits per heavy atom. The summed E-state index contributed by atoms with van der Waals surface area (Å²) in [4.78, 5) is 28.8. The Labute approximate surface area is 173 Å². The van der Waals surface area contributed by atoms with Gasteiger partial charge in [0.25, 0.3) is 0 Å². The molecule has 30 heavy (non-hydrogen) atoms. The highest BCUT2D eigenvalue weighted by molar-refractivity contribution is 6.15. The summed E-state index contributed by atoms with van der Waals surface area (Å²) in [5.41, 5.74) is 2.86. The Bertz CT molecular complexity index is 1100. The van der Waals surface area contributed by atoms with E-state index in [4.69, 9.17) is 18.9 Å². The molecule has 1 unspecified atom stereocenters. The van der Waals surface area contributed by atoms with Crippen molar-refractivity contribution in [3.05, 3.63) is 58.8 Å². The number of fused-ring (bicyclic) bond motifs is 3. The van der Waals surface area contributed by atoms with E-state index >= 15 is 0 Å². The van der Waals surface area contributed by atoms with Gasteiger partial charge in [0, 0.05) is 24.6 Å². The van der Waals surface area contributed by atoms with Crippen LogP contribution >= 0.6 is 0 Å². The zero-order valence-electron chi connectivity index (χ0n) is 17.1. The van der Waals surface area contributed by atoms with Crippen LogP contribution in [0.1, 0.15) is 38.4 Å². The first-order chi connectivity index (χ1) is 14.6. The zero-order chi connectivity index (χ0) is 21.3. The maximum absolute atomic E-state index is 12.8. The molecule has 2 aromatic carbocycles. The van der Waals surface area contributed by atoms with E-state index in [2.05, 4.69) is 4.98 Å². The molecular formula is C23H23NO6. The highest BCUT2D eigenvalue weighted by Crippen LogP contribution is 2.40. The fourth-order valence-corrected chi connectivity index (χ4v) is 4.02. The smallest absolute Gasteiger partial charge is 0.339 e. The van der Waals surface area contributed by atoms with E-state index in [0.29, 0.717) is 28.8 Å². The summed E-state index contributed by atoms with van der Waals surface area (Å²) in [5.74, 6) is -0.187. The van der Waals surface area contributed by atoms with Crippen molar-refractivity contribution in [2.24, 2.45) is 0 Å². The Hall–Kier alpha value is -3.32. The molecule has 1 heterocycles. The van der Waals surface area contributed by atoms with Crippen molar-refractivity contribution in [3.8, 4) is 11.5 Å². The van der Waals surface area contributed by atoms with Crippen molar-refractivity contribution >= 4 is 22.8 Å². The van der Waals surface area contributed by atoms with E-state index in [0.717, 1.165) is 24.1 Å². The maximum Gasteiger partial charge on any atom is 0.339 e. The first-order valence-corrected chi connectivity index (χ1v) is 9.70. The quantitative estimate of drug-likeness (QED) is 0.640. The number of H-pyrrole nitrogens is 1. The van der Waals surface area contributed by atoms with Gasteiger partial charge in [-0.1, -0.05) is 18.2 Å². The number of para-hydroxylation sites is 1. The molecule has 0 spiro atoms. The van der Waals surface area contributed by atoms with Crippen LogP contribution in [0.15, 0.2) is 36.4 Å². The molecule has 7 nitrogen and oxygen atoms in total. The molecule has 0 radical (unpaired) electrons. The average Bonchev–Trinajstić information content (AvgIpc) is 3.17. The molecule has 7 heteroatoms. The molecule has 0 amide bonds. The number of benzene rings is 2. The lowest BCUT2D eigenvalue weighted by Gasteiger charge is -2.21. The second-order valence-corrected chi connectivity index (χ2v) is 7.13. The van der Waals surface area contributed by atoms with Crippen LogP contribution in [0.2, 0.25) is 0 Å². The molecule has 1 aromatic heterocycles. The van der Waals surface area contributed by atoms with Crippen molar-refractivity contribution in [3.63, 3.8) is 0 Å². The highest BCUT2D eigenvalue weighted by Gasteiger charge is 2.31. The van der Waals surface area contributed by atoms with E-state index < -0.39 is 11.9 Å². The minimum absolute atomic E-state index is 0.0299. The molecule has 0 bridgehead atoms. The van der Waals surface area contributed by atoms with Gasteiger partial charge in [0.15, 0.2) is 5.75 Å². The lowest BCUT2D eigenvalue weighted by atomic mass is 9.90. The number of rotatable bonds is 5. The Morgan fingerprint density at radius 3 is 2.43 bits per heavy atom. The molecular weight excluding hydrogens is 386 g/mol. The van der Waals surface area contributed by atoms with Gasteiger partial charge >= 0.3 is 11.9 Å². The molecule has 0 aliphatic heterocycles. The van der Waals surface area contributed by atoms with Crippen molar-refractivity contribution < 1.29 is 28.5 Å². The standard InChI is InChI=1S/C23H23NO6/c1-27-14-9-10-17-15(11-14)19-20(23(26)29-3)16(22(25)28-2)12-18(21(19)24-17)30-13-7-5-4-6-8-13/h4-8,12,14,24H,9-11H2,1-3H3. The van der Waals surface area contributed by atoms with Crippen LogP contribution in [-0.4, -0.2) is 44.4 Å². The van der Waals surface area contributed by atoms with Gasteiger partial charge in [-0.05, 0) is 36.6 Å². The maximum atomic E-state index is 12.8. The van der Waals surface area contributed by atoms with E-state index in [1.807, 2.05) is 30.3 Å². The van der Waals surface area contributed by atoms with E-state index in [1.54, 1.807) is 7.11 Å². The Morgan fingerprint density at radius 1 is 1.03 bits per heavy atom. The van der Waals surface area contributed by atoms with Gasteiger partial charge in [0.1, 0.15) is 5.75 Å². The second-order valence-electron chi connectivity index (χ2n) is 7.13. The van der Waals surface area contributed by atoms with Crippen LogP contribution in [0.5, 0.6) is 11.5 Å². The molecule has 1 atom stereocenters. The number of carbonyl (C=O) groups excluding carboxylic acids is 2. The van der Waals surface area contributed by atoms with E-state index in [1.165, 1.54) is 20.3 Å². The summed E-state index contributed by atoms with van der Waals surface area (Å²) in [5, 5.41) is 0.618. The van der Waals surface area contributed by atoms with Crippen LogP contribution in [0.3, 0.4) is 0 Å². The number of nitrogens with one attached hydrogen (secondary N) is 1. The lowest BCUT2D eigenvalue weighted by Crippen LogP contribution is -2.21. The highest BCUT2D eigenvalue weighted by atomic mass is 16.5. The largest absolute Gasteiger partial charge is 0.465 e. The average molecular weight is 409 g/mol. The third-order valence-corrected chi connectivity index (χ3v) is 5.48. The van der Waals surface area contributed by atoms with Gasteiger partial charge in [-0.15, -0.1) is 0 Å². The molecule has 4 rings (SSSR count). The Balaban J connectivity index is 2.01. The van der Waals surface area contributed by atoms with Crippen LogP contribution in [-0.2, 0) is 27.1 Å². The topological polar surface area (TPSA) is 86.9 Å². The minimum Gasteiger partial charge on any atom is -0.465 e. The molecule has 0 fully saturated rings. The number of hydrogen-bond donors (Lipinski definition) is 1. The monoisotopic (exact) mass is 409 g/mol. The van der Waals surface area contributed by atoms with Crippen LogP contribution < -0.4 is 4.74 Å². The fraction of sp³-hybridized carbons (Fsp3) is 0.304. The van der Waals surface area contributed by atoms with E-state index in [9.17, 15) is 9.59 Å². The minimum atomic E-state index is -0.635. The Kier molecular flexibility index (Phi) is 5.46. The third kappa shape index (κ3) is 3.41. The summed E-state index contributed by atoms with van der Waals surface area (Å²) >= 11 is 0. The van der Waals surface area contributed by atoms with Gasteiger partial charge in [-0.2, -0.15) is 0 Å². The number of methoxy groups -OCH3 is 3. The van der Waals surface area contributed by atoms with Crippen LogP contribution in [0.4, 0.5) is 0 Å². The first-order valence-electron chi connectivity index (χ1n) is 9.70. The van der Waals surface area contributed by atoms with Crippen molar-refractivity contribution in [1.82, 2.24) is 4.98 Å². The first kappa shape index (κ1) is 20.0. The molecule has 1 aliphatic rings. The number of aromatic amines is 1. The number of hydrogen-bond acceptors (Lipinski definition) is 6. The van der Waals surface area contributed by atoms with Gasteiger partial charge in [-0.25, -0.2) is 9.59 Å². The normalized spacial score (nSPS) is 15.5. The predicted octanol–water partition coefficient (Wildman–Crippen LogP) is 4.04. The number of esters is 2. The molecule has 156 valence electrons. The van der Waals surface area contributed by atoms with Gasteiger partial charge in [0.05, 0.1) is 37.0 Å². The summed E-state index contributed by atoms with van der Waals surface area (Å²) in [6.45, 7) is 0. The number of ether oxygens (including phenoxy) is 4. The summed E-state index contributed by atoms with van der Waals surface area (Å²) < 4.78 is 21.6. The lowest BCUT2D eigenvalue weighted by molar-refractivity contribution is 0.0556. The molecule has 1 N–H and O–H groups in total. The second kappa shape index (κ2) is 8.20. The van der Waals surface area contributed by atoms with Crippen LogP contribution in [0.25, 0.3) is 10.9 Å². The van der Waals surface area contributed by atoms with Gasteiger partial charge < -0.3 is 23.9 Å². The van der Waals surface area contributed by atoms with Gasteiger partial charge in [0.2, 0.25) is 0 Å².